The first kappa shape index (κ1) is 17.1. The number of carbonyl (C=O) groups is 2. The molecule has 0 radical (unpaired) electrons. The van der Waals surface area contributed by atoms with E-state index in [1.807, 2.05) is 19.1 Å². The van der Waals surface area contributed by atoms with E-state index in [1.165, 1.54) is 0 Å². The molecule has 24 heavy (non-hydrogen) atoms. The molecule has 1 aliphatic rings. The number of amides is 1. The van der Waals surface area contributed by atoms with Gasteiger partial charge in [-0.2, -0.15) is 12.6 Å². The second-order valence-electron chi connectivity index (χ2n) is 6.14. The lowest BCUT2D eigenvalue weighted by Crippen LogP contribution is -2.29. The minimum atomic E-state index is -0.196. The average Bonchev–Trinajstić information content (AvgIpc) is 3.25. The van der Waals surface area contributed by atoms with Crippen LogP contribution in [0.25, 0.3) is 11.0 Å². The molecule has 126 valence electrons. The minimum absolute atomic E-state index is 0.0596. The number of hydrogen-bond acceptors (Lipinski definition) is 5. The summed E-state index contributed by atoms with van der Waals surface area (Å²) in [4.78, 5) is 28.0. The van der Waals surface area contributed by atoms with Gasteiger partial charge in [0, 0.05) is 11.3 Å². The van der Waals surface area contributed by atoms with E-state index in [-0.39, 0.29) is 17.9 Å². The predicted molar refractivity (Wildman–Crippen MR) is 101 cm³/mol. The highest BCUT2D eigenvalue weighted by atomic mass is 32.1. The molecule has 0 aromatic carbocycles. The fraction of sp³-hybridized carbons (Fsp3) is 0.412. The average molecular weight is 361 g/mol. The molecule has 2 aromatic heterocycles. The molecule has 5 nitrogen and oxygen atoms in total. The van der Waals surface area contributed by atoms with Crippen LogP contribution in [0.1, 0.15) is 42.0 Å². The van der Waals surface area contributed by atoms with Gasteiger partial charge in [-0.25, -0.2) is 4.98 Å². The van der Waals surface area contributed by atoms with Crippen LogP contribution in [-0.2, 0) is 10.7 Å². The lowest BCUT2D eigenvalue weighted by molar-refractivity contribution is -0.123. The molecule has 1 aliphatic carbocycles. The number of rotatable bonds is 7. The molecule has 2 heterocycles. The normalized spacial score (nSPS) is 20.6. The first-order chi connectivity index (χ1) is 11.6. The zero-order chi connectivity index (χ0) is 17.3. The SMILES string of the molecule is C[C@@H](NC(=O)[C@@H]1C[C@H]1CC=S)c1ccc2cc(C=O)n(CS)c2n1. The van der Waals surface area contributed by atoms with Gasteiger partial charge in [0.15, 0.2) is 6.29 Å². The minimum Gasteiger partial charge on any atom is -0.348 e. The van der Waals surface area contributed by atoms with Crippen LogP contribution < -0.4 is 5.32 Å². The lowest BCUT2D eigenvalue weighted by atomic mass is 10.1. The van der Waals surface area contributed by atoms with E-state index in [2.05, 4.69) is 22.9 Å². The Morgan fingerprint density at radius 3 is 3.04 bits per heavy atom. The zero-order valence-electron chi connectivity index (χ0n) is 13.3. The van der Waals surface area contributed by atoms with Crippen molar-refractivity contribution in [2.24, 2.45) is 11.8 Å². The van der Waals surface area contributed by atoms with E-state index in [4.69, 9.17) is 12.2 Å². The van der Waals surface area contributed by atoms with Gasteiger partial charge in [0.05, 0.1) is 23.3 Å². The summed E-state index contributed by atoms with van der Waals surface area (Å²) in [6.07, 6.45) is 2.52. The number of aldehydes is 1. The molecule has 0 unspecified atom stereocenters. The van der Waals surface area contributed by atoms with Gasteiger partial charge in [0.25, 0.3) is 0 Å². The number of hydrogen-bond donors (Lipinski definition) is 2. The number of aromatic nitrogens is 2. The third-order valence-corrected chi connectivity index (χ3v) is 5.00. The number of fused-ring (bicyclic) bond motifs is 1. The molecular weight excluding hydrogens is 342 g/mol. The van der Waals surface area contributed by atoms with Crippen molar-refractivity contribution in [3.8, 4) is 0 Å². The molecular formula is C17H19N3O2S2. The summed E-state index contributed by atoms with van der Waals surface area (Å²) >= 11 is 9.12. The van der Waals surface area contributed by atoms with Gasteiger partial charge in [-0.15, -0.1) is 0 Å². The Kier molecular flexibility index (Phi) is 5.01. The third-order valence-electron chi connectivity index (χ3n) is 4.52. The quantitative estimate of drug-likeness (QED) is 0.452. The summed E-state index contributed by atoms with van der Waals surface area (Å²) in [6, 6.07) is 5.39. The van der Waals surface area contributed by atoms with Crippen LogP contribution in [-0.4, -0.2) is 27.1 Å². The molecule has 1 saturated carbocycles. The number of thiocarbonyl (C=S) groups is 1. The van der Waals surface area contributed by atoms with Crippen LogP contribution in [0.4, 0.5) is 0 Å². The summed E-state index contributed by atoms with van der Waals surface area (Å²) in [5.74, 6) is 0.889. The first-order valence-corrected chi connectivity index (χ1v) is 8.99. The highest BCUT2D eigenvalue weighted by Gasteiger charge is 2.42. The monoisotopic (exact) mass is 361 g/mol. The van der Waals surface area contributed by atoms with Crippen LogP contribution in [0.5, 0.6) is 0 Å². The van der Waals surface area contributed by atoms with Crippen LogP contribution in [0, 0.1) is 11.8 Å². The summed E-state index contributed by atoms with van der Waals surface area (Å²) in [7, 11) is 0. The Balaban J connectivity index is 1.77. The summed E-state index contributed by atoms with van der Waals surface area (Å²) in [5, 5.41) is 5.61. The topological polar surface area (TPSA) is 64.0 Å². The van der Waals surface area contributed by atoms with Gasteiger partial charge in [-0.1, -0.05) is 12.2 Å². The second-order valence-corrected chi connectivity index (χ2v) is 6.76. The van der Waals surface area contributed by atoms with Crippen molar-refractivity contribution in [2.75, 3.05) is 0 Å². The molecule has 0 aliphatic heterocycles. The standard InChI is InChI=1S/C17H19N3O2S2/c1-10(18-17(22)14-7-11(14)4-5-23)15-3-2-12-6-13(8-21)20(9-24)16(12)19-15/h2-3,5-6,8,10-11,14,24H,4,7,9H2,1H3,(H,18,22)/t10-,11-,14-/m1/s1. The fourth-order valence-corrected chi connectivity index (χ4v) is 3.54. The van der Waals surface area contributed by atoms with Gasteiger partial charge in [0.1, 0.15) is 5.65 Å². The Bertz CT molecular complexity index is 802. The summed E-state index contributed by atoms with van der Waals surface area (Å²) < 4.78 is 1.75. The van der Waals surface area contributed by atoms with Gasteiger partial charge >= 0.3 is 0 Å². The van der Waals surface area contributed by atoms with Crippen molar-refractivity contribution in [3.05, 3.63) is 29.6 Å². The van der Waals surface area contributed by atoms with Gasteiger partial charge < -0.3 is 9.88 Å². The van der Waals surface area contributed by atoms with Crippen molar-refractivity contribution >= 4 is 53.4 Å². The van der Waals surface area contributed by atoms with Crippen molar-refractivity contribution in [3.63, 3.8) is 0 Å². The molecule has 2 aromatic rings. The number of thiol groups is 1. The highest BCUT2D eigenvalue weighted by Crippen LogP contribution is 2.41. The van der Waals surface area contributed by atoms with E-state index < -0.39 is 0 Å². The number of nitrogens with zero attached hydrogens (tertiary/aromatic N) is 2. The Morgan fingerprint density at radius 2 is 2.38 bits per heavy atom. The van der Waals surface area contributed by atoms with Crippen molar-refractivity contribution < 1.29 is 9.59 Å². The maximum absolute atomic E-state index is 12.3. The van der Waals surface area contributed by atoms with Gasteiger partial charge in [-0.3, -0.25) is 9.59 Å². The summed E-state index contributed by atoms with van der Waals surface area (Å²) in [5.41, 5.74) is 2.01. The second kappa shape index (κ2) is 7.03. The van der Waals surface area contributed by atoms with Crippen LogP contribution in [0.2, 0.25) is 0 Å². The predicted octanol–water partition coefficient (Wildman–Crippen LogP) is 2.94. The molecule has 0 spiro atoms. The number of carbonyl (C=O) groups excluding carboxylic acids is 2. The largest absolute Gasteiger partial charge is 0.348 e. The molecule has 0 saturated heterocycles. The molecule has 3 rings (SSSR count). The maximum Gasteiger partial charge on any atom is 0.223 e. The Labute approximate surface area is 151 Å². The van der Waals surface area contributed by atoms with E-state index in [0.29, 0.717) is 23.1 Å². The summed E-state index contributed by atoms with van der Waals surface area (Å²) in [6.45, 7) is 1.91. The van der Waals surface area contributed by atoms with Crippen molar-refractivity contribution in [1.82, 2.24) is 14.9 Å². The van der Waals surface area contributed by atoms with E-state index in [9.17, 15) is 9.59 Å². The van der Waals surface area contributed by atoms with Crippen LogP contribution in [0.15, 0.2) is 18.2 Å². The number of nitrogens with one attached hydrogen (secondary N) is 1. The van der Waals surface area contributed by atoms with E-state index in [0.717, 1.165) is 30.2 Å². The van der Waals surface area contributed by atoms with E-state index in [1.54, 1.807) is 16.0 Å². The van der Waals surface area contributed by atoms with Crippen molar-refractivity contribution in [1.29, 1.82) is 0 Å². The van der Waals surface area contributed by atoms with Crippen LogP contribution >= 0.6 is 24.8 Å². The molecule has 1 N–H and O–H groups in total. The molecule has 7 heteroatoms. The Morgan fingerprint density at radius 1 is 1.58 bits per heavy atom. The van der Waals surface area contributed by atoms with Crippen LogP contribution in [0.3, 0.4) is 0 Å². The van der Waals surface area contributed by atoms with Crippen molar-refractivity contribution in [2.45, 2.75) is 31.7 Å². The fourth-order valence-electron chi connectivity index (χ4n) is 3.00. The third kappa shape index (κ3) is 3.23. The molecule has 3 atom stereocenters. The maximum atomic E-state index is 12.3. The zero-order valence-corrected chi connectivity index (χ0v) is 15.0. The highest BCUT2D eigenvalue weighted by molar-refractivity contribution is 7.79. The first-order valence-electron chi connectivity index (χ1n) is 7.89. The Hall–Kier alpha value is -1.73. The smallest absolute Gasteiger partial charge is 0.223 e. The molecule has 1 amide bonds. The van der Waals surface area contributed by atoms with Gasteiger partial charge in [-0.05, 0) is 49.2 Å². The lowest BCUT2D eigenvalue weighted by Gasteiger charge is -2.14. The number of pyridine rings is 1. The van der Waals surface area contributed by atoms with Gasteiger partial charge in [0.2, 0.25) is 5.91 Å². The molecule has 1 fully saturated rings. The molecule has 0 bridgehead atoms. The van der Waals surface area contributed by atoms with E-state index >= 15 is 0 Å².